The number of amides is 1. The molecule has 0 spiro atoms. The SMILES string of the molecule is CNc1ncccc1C(=O)Nc1cnn(C)c1. The van der Waals surface area contributed by atoms with E-state index in [9.17, 15) is 4.79 Å². The second kappa shape index (κ2) is 4.65. The molecule has 0 saturated heterocycles. The van der Waals surface area contributed by atoms with Crippen LogP contribution in [-0.2, 0) is 7.05 Å². The van der Waals surface area contributed by atoms with Crippen molar-refractivity contribution in [3.05, 3.63) is 36.3 Å². The monoisotopic (exact) mass is 231 g/mol. The molecule has 0 bridgehead atoms. The van der Waals surface area contributed by atoms with Crippen molar-refractivity contribution in [1.29, 1.82) is 0 Å². The fourth-order valence-corrected chi connectivity index (χ4v) is 1.47. The first-order valence-electron chi connectivity index (χ1n) is 5.13. The average molecular weight is 231 g/mol. The van der Waals surface area contributed by atoms with E-state index in [1.165, 1.54) is 0 Å². The van der Waals surface area contributed by atoms with Gasteiger partial charge in [0.05, 0.1) is 17.4 Å². The molecule has 17 heavy (non-hydrogen) atoms. The molecule has 0 aliphatic rings. The predicted octanol–water partition coefficient (Wildman–Crippen LogP) is 1.11. The van der Waals surface area contributed by atoms with Crippen LogP contribution >= 0.6 is 0 Å². The molecule has 0 atom stereocenters. The van der Waals surface area contributed by atoms with Gasteiger partial charge >= 0.3 is 0 Å². The van der Waals surface area contributed by atoms with Crippen molar-refractivity contribution in [2.24, 2.45) is 7.05 Å². The smallest absolute Gasteiger partial charge is 0.259 e. The van der Waals surface area contributed by atoms with E-state index in [0.29, 0.717) is 17.1 Å². The molecule has 0 radical (unpaired) electrons. The van der Waals surface area contributed by atoms with Crippen LogP contribution in [0.2, 0.25) is 0 Å². The number of carbonyl (C=O) groups excluding carboxylic acids is 1. The summed E-state index contributed by atoms with van der Waals surface area (Å²) in [6.07, 6.45) is 4.95. The van der Waals surface area contributed by atoms with Crippen molar-refractivity contribution in [1.82, 2.24) is 14.8 Å². The first-order chi connectivity index (χ1) is 8.20. The third-order valence-corrected chi connectivity index (χ3v) is 2.25. The van der Waals surface area contributed by atoms with Crippen molar-refractivity contribution in [2.45, 2.75) is 0 Å². The van der Waals surface area contributed by atoms with E-state index in [1.54, 1.807) is 49.5 Å². The first kappa shape index (κ1) is 11.1. The zero-order valence-electron chi connectivity index (χ0n) is 9.64. The third kappa shape index (κ3) is 2.41. The Bertz CT molecular complexity index is 534. The van der Waals surface area contributed by atoms with Gasteiger partial charge in [0, 0.05) is 26.5 Å². The number of rotatable bonds is 3. The number of nitrogens with zero attached hydrogens (tertiary/aromatic N) is 3. The lowest BCUT2D eigenvalue weighted by atomic mass is 10.2. The largest absolute Gasteiger partial charge is 0.372 e. The lowest BCUT2D eigenvalue weighted by Crippen LogP contribution is -2.14. The van der Waals surface area contributed by atoms with E-state index in [4.69, 9.17) is 0 Å². The molecule has 2 aromatic heterocycles. The highest BCUT2D eigenvalue weighted by molar-refractivity contribution is 6.07. The molecule has 0 fully saturated rings. The van der Waals surface area contributed by atoms with Crippen LogP contribution in [0.5, 0.6) is 0 Å². The Labute approximate surface area is 98.7 Å². The van der Waals surface area contributed by atoms with Crippen LogP contribution in [0.25, 0.3) is 0 Å². The van der Waals surface area contributed by atoms with Crippen molar-refractivity contribution in [3.63, 3.8) is 0 Å². The number of anilines is 2. The molecular weight excluding hydrogens is 218 g/mol. The lowest BCUT2D eigenvalue weighted by molar-refractivity contribution is 0.102. The highest BCUT2D eigenvalue weighted by atomic mass is 16.1. The molecule has 6 heteroatoms. The number of hydrogen-bond acceptors (Lipinski definition) is 4. The van der Waals surface area contributed by atoms with Crippen molar-refractivity contribution < 1.29 is 4.79 Å². The van der Waals surface area contributed by atoms with Crippen LogP contribution < -0.4 is 10.6 Å². The molecule has 0 aliphatic heterocycles. The van der Waals surface area contributed by atoms with Crippen LogP contribution in [0.15, 0.2) is 30.7 Å². The van der Waals surface area contributed by atoms with E-state index in [0.717, 1.165) is 0 Å². The molecule has 0 unspecified atom stereocenters. The maximum atomic E-state index is 12.0. The summed E-state index contributed by atoms with van der Waals surface area (Å²) in [5.41, 5.74) is 1.15. The fraction of sp³-hybridized carbons (Fsp3) is 0.182. The molecule has 2 aromatic rings. The molecule has 2 N–H and O–H groups in total. The Morgan fingerprint density at radius 1 is 1.47 bits per heavy atom. The first-order valence-corrected chi connectivity index (χ1v) is 5.13. The molecule has 2 rings (SSSR count). The fourth-order valence-electron chi connectivity index (χ4n) is 1.47. The molecular formula is C11H13N5O. The van der Waals surface area contributed by atoms with Gasteiger partial charge in [-0.1, -0.05) is 0 Å². The van der Waals surface area contributed by atoms with E-state index < -0.39 is 0 Å². The highest BCUT2D eigenvalue weighted by Gasteiger charge is 2.11. The van der Waals surface area contributed by atoms with Gasteiger partial charge in [-0.25, -0.2) is 4.98 Å². The van der Waals surface area contributed by atoms with Crippen LogP contribution in [0, 0.1) is 0 Å². The van der Waals surface area contributed by atoms with Gasteiger partial charge in [-0.2, -0.15) is 5.10 Å². The zero-order valence-corrected chi connectivity index (χ0v) is 9.64. The number of carbonyl (C=O) groups is 1. The standard InChI is InChI=1S/C11H13N5O/c1-12-10-9(4-3-5-13-10)11(17)15-8-6-14-16(2)7-8/h3-7H,1-2H3,(H,12,13)(H,15,17). The quantitative estimate of drug-likeness (QED) is 0.830. The minimum absolute atomic E-state index is 0.213. The van der Waals surface area contributed by atoms with Crippen LogP contribution in [0.4, 0.5) is 11.5 Å². The van der Waals surface area contributed by atoms with Crippen molar-refractivity contribution in [2.75, 3.05) is 17.7 Å². The summed E-state index contributed by atoms with van der Waals surface area (Å²) in [6, 6.07) is 3.43. The van der Waals surface area contributed by atoms with Crippen LogP contribution in [0.1, 0.15) is 10.4 Å². The summed E-state index contributed by atoms with van der Waals surface area (Å²) < 4.78 is 1.62. The van der Waals surface area contributed by atoms with Gasteiger partial charge in [-0.3, -0.25) is 9.48 Å². The average Bonchev–Trinajstić information content (AvgIpc) is 2.74. The van der Waals surface area contributed by atoms with E-state index in [2.05, 4.69) is 20.7 Å². The number of hydrogen-bond donors (Lipinski definition) is 2. The molecule has 6 nitrogen and oxygen atoms in total. The van der Waals surface area contributed by atoms with Gasteiger partial charge in [0.1, 0.15) is 5.82 Å². The van der Waals surface area contributed by atoms with Gasteiger partial charge in [-0.15, -0.1) is 0 Å². The summed E-state index contributed by atoms with van der Waals surface area (Å²) >= 11 is 0. The maximum Gasteiger partial charge on any atom is 0.259 e. The molecule has 0 aromatic carbocycles. The number of aryl methyl sites for hydroxylation is 1. The lowest BCUT2D eigenvalue weighted by Gasteiger charge is -2.06. The number of nitrogens with one attached hydrogen (secondary N) is 2. The topological polar surface area (TPSA) is 71.8 Å². The van der Waals surface area contributed by atoms with Gasteiger partial charge in [0.2, 0.25) is 0 Å². The van der Waals surface area contributed by atoms with E-state index in [-0.39, 0.29) is 5.91 Å². The van der Waals surface area contributed by atoms with Crippen molar-refractivity contribution >= 4 is 17.4 Å². The summed E-state index contributed by atoms with van der Waals surface area (Å²) in [7, 11) is 3.52. The van der Waals surface area contributed by atoms with Crippen molar-refractivity contribution in [3.8, 4) is 0 Å². The molecule has 2 heterocycles. The normalized spacial score (nSPS) is 10.0. The summed E-state index contributed by atoms with van der Waals surface area (Å²) in [4.78, 5) is 16.0. The minimum Gasteiger partial charge on any atom is -0.372 e. The molecule has 0 aliphatic carbocycles. The Hall–Kier alpha value is -2.37. The second-order valence-electron chi connectivity index (χ2n) is 3.51. The predicted molar refractivity (Wildman–Crippen MR) is 64.9 cm³/mol. The summed E-state index contributed by atoms with van der Waals surface area (Å²) in [5, 5.41) is 9.60. The maximum absolute atomic E-state index is 12.0. The van der Waals surface area contributed by atoms with Crippen LogP contribution in [0.3, 0.4) is 0 Å². The van der Waals surface area contributed by atoms with Crippen LogP contribution in [-0.4, -0.2) is 27.7 Å². The molecule has 1 amide bonds. The van der Waals surface area contributed by atoms with Gasteiger partial charge < -0.3 is 10.6 Å². The Morgan fingerprint density at radius 3 is 2.94 bits per heavy atom. The van der Waals surface area contributed by atoms with Gasteiger partial charge in [0.25, 0.3) is 5.91 Å². The second-order valence-corrected chi connectivity index (χ2v) is 3.51. The molecule has 88 valence electrons. The third-order valence-electron chi connectivity index (χ3n) is 2.25. The summed E-state index contributed by atoms with van der Waals surface area (Å²) in [5.74, 6) is 0.337. The Kier molecular flexibility index (Phi) is 3.04. The highest BCUT2D eigenvalue weighted by Crippen LogP contribution is 2.13. The minimum atomic E-state index is -0.213. The van der Waals surface area contributed by atoms with Gasteiger partial charge in [0.15, 0.2) is 0 Å². The molecule has 0 saturated carbocycles. The number of pyridine rings is 1. The number of aromatic nitrogens is 3. The Morgan fingerprint density at radius 2 is 2.29 bits per heavy atom. The van der Waals surface area contributed by atoms with E-state index >= 15 is 0 Å². The van der Waals surface area contributed by atoms with Gasteiger partial charge in [-0.05, 0) is 12.1 Å². The van der Waals surface area contributed by atoms with E-state index in [1.807, 2.05) is 0 Å². The summed E-state index contributed by atoms with van der Waals surface area (Å²) in [6.45, 7) is 0. The Balaban J connectivity index is 2.20. The zero-order chi connectivity index (χ0) is 12.3.